The quantitative estimate of drug-likeness (QED) is 0.895. The molecule has 1 fully saturated rings. The predicted molar refractivity (Wildman–Crippen MR) is 89.8 cm³/mol. The first-order valence-electron chi connectivity index (χ1n) is 7.88. The molecule has 1 N–H and O–H groups in total. The summed E-state index contributed by atoms with van der Waals surface area (Å²) in [5.74, 6) is 0. The molecule has 23 heavy (non-hydrogen) atoms. The van der Waals surface area contributed by atoms with Crippen molar-refractivity contribution < 1.29 is 5.11 Å². The van der Waals surface area contributed by atoms with E-state index in [1.165, 1.54) is 11.9 Å². The van der Waals surface area contributed by atoms with Gasteiger partial charge in [-0.2, -0.15) is 5.10 Å². The number of benzene rings is 1. The van der Waals surface area contributed by atoms with Crippen molar-refractivity contribution in [2.24, 2.45) is 0 Å². The van der Waals surface area contributed by atoms with Crippen molar-refractivity contribution in [3.05, 3.63) is 41.4 Å². The number of rotatable bonds is 5. The molecule has 1 aromatic heterocycles. The fourth-order valence-corrected chi connectivity index (χ4v) is 3.25. The molecule has 6 nitrogen and oxygen atoms in total. The van der Waals surface area contributed by atoms with E-state index < -0.39 is 0 Å². The normalized spacial score (nSPS) is 20.0. The standard InChI is InChI=1S/C16H22ClN5O/c1-13-9-20(6-7-23)4-5-21(13)10-14-2-3-15(17)8-16(14)22-12-18-11-19-22/h2-3,8,11-13,23H,4-7,9-10H2,1H3/t13-/m0/s1. The lowest BCUT2D eigenvalue weighted by atomic mass is 10.1. The molecule has 3 rings (SSSR count). The number of piperazine rings is 1. The Morgan fingerprint density at radius 1 is 1.35 bits per heavy atom. The van der Waals surface area contributed by atoms with Crippen molar-refractivity contribution >= 4 is 11.6 Å². The maximum absolute atomic E-state index is 9.09. The van der Waals surface area contributed by atoms with Gasteiger partial charge >= 0.3 is 0 Å². The summed E-state index contributed by atoms with van der Waals surface area (Å²) < 4.78 is 1.76. The Hall–Kier alpha value is -1.47. The van der Waals surface area contributed by atoms with Gasteiger partial charge in [0.05, 0.1) is 12.3 Å². The SMILES string of the molecule is C[C@H]1CN(CCO)CCN1Cc1ccc(Cl)cc1-n1cncn1. The number of hydrogen-bond donors (Lipinski definition) is 1. The molecule has 0 saturated carbocycles. The molecule has 2 heterocycles. The molecule has 1 saturated heterocycles. The van der Waals surface area contributed by atoms with E-state index in [-0.39, 0.29) is 6.61 Å². The highest BCUT2D eigenvalue weighted by molar-refractivity contribution is 6.30. The van der Waals surface area contributed by atoms with Crippen molar-refractivity contribution in [2.75, 3.05) is 32.8 Å². The molecule has 0 amide bonds. The molecule has 0 aliphatic carbocycles. The first kappa shape index (κ1) is 16.4. The largest absolute Gasteiger partial charge is 0.395 e. The molecule has 0 radical (unpaired) electrons. The van der Waals surface area contributed by atoms with E-state index in [1.807, 2.05) is 12.1 Å². The van der Waals surface area contributed by atoms with Gasteiger partial charge in [0.15, 0.2) is 0 Å². The van der Waals surface area contributed by atoms with Crippen LogP contribution in [0.3, 0.4) is 0 Å². The molecule has 2 aromatic rings. The Kier molecular flexibility index (Phi) is 5.27. The van der Waals surface area contributed by atoms with Gasteiger partial charge in [-0.05, 0) is 24.6 Å². The molecule has 1 aromatic carbocycles. The fraction of sp³-hybridized carbons (Fsp3) is 0.500. The second-order valence-corrected chi connectivity index (χ2v) is 6.39. The molecule has 0 spiro atoms. The van der Waals surface area contributed by atoms with Crippen molar-refractivity contribution in [3.63, 3.8) is 0 Å². The van der Waals surface area contributed by atoms with Crippen LogP contribution < -0.4 is 0 Å². The van der Waals surface area contributed by atoms with E-state index in [1.54, 1.807) is 11.0 Å². The highest BCUT2D eigenvalue weighted by atomic mass is 35.5. The minimum atomic E-state index is 0.223. The Balaban J connectivity index is 1.76. The third-order valence-corrected chi connectivity index (χ3v) is 4.59. The smallest absolute Gasteiger partial charge is 0.138 e. The van der Waals surface area contributed by atoms with Gasteiger partial charge in [0.25, 0.3) is 0 Å². The summed E-state index contributed by atoms with van der Waals surface area (Å²) in [6, 6.07) is 6.35. The monoisotopic (exact) mass is 335 g/mol. The van der Waals surface area contributed by atoms with Crippen molar-refractivity contribution in [2.45, 2.75) is 19.5 Å². The van der Waals surface area contributed by atoms with Crippen LogP contribution in [0.2, 0.25) is 5.02 Å². The zero-order chi connectivity index (χ0) is 16.2. The highest BCUT2D eigenvalue weighted by Crippen LogP contribution is 2.22. The zero-order valence-corrected chi connectivity index (χ0v) is 14.0. The number of nitrogens with zero attached hydrogens (tertiary/aromatic N) is 5. The van der Waals surface area contributed by atoms with Crippen LogP contribution in [-0.2, 0) is 6.54 Å². The van der Waals surface area contributed by atoms with Gasteiger partial charge in [-0.3, -0.25) is 9.80 Å². The van der Waals surface area contributed by atoms with Crippen molar-refractivity contribution in [1.82, 2.24) is 24.6 Å². The first-order chi connectivity index (χ1) is 11.2. The van der Waals surface area contributed by atoms with E-state index in [2.05, 4.69) is 32.9 Å². The zero-order valence-electron chi connectivity index (χ0n) is 13.3. The van der Waals surface area contributed by atoms with Crippen molar-refractivity contribution in [1.29, 1.82) is 0 Å². The molecular formula is C16H22ClN5O. The highest BCUT2D eigenvalue weighted by Gasteiger charge is 2.24. The number of aliphatic hydroxyl groups excluding tert-OH is 1. The van der Waals surface area contributed by atoms with Crippen LogP contribution in [0.1, 0.15) is 12.5 Å². The van der Waals surface area contributed by atoms with E-state index in [0.717, 1.165) is 38.4 Å². The van der Waals surface area contributed by atoms with E-state index in [0.29, 0.717) is 11.1 Å². The fourth-order valence-electron chi connectivity index (χ4n) is 3.09. The Morgan fingerprint density at radius 2 is 2.22 bits per heavy atom. The van der Waals surface area contributed by atoms with Gasteiger partial charge in [0.1, 0.15) is 12.7 Å². The average molecular weight is 336 g/mol. The molecule has 1 aliphatic rings. The lowest BCUT2D eigenvalue weighted by Gasteiger charge is -2.39. The summed E-state index contributed by atoms with van der Waals surface area (Å²) in [6.45, 7) is 7.00. The first-order valence-corrected chi connectivity index (χ1v) is 8.26. The van der Waals surface area contributed by atoms with Gasteiger partial charge in [0.2, 0.25) is 0 Å². The van der Waals surface area contributed by atoms with Gasteiger partial charge in [-0.1, -0.05) is 17.7 Å². The Labute approximate surface area is 141 Å². The van der Waals surface area contributed by atoms with Crippen LogP contribution >= 0.6 is 11.6 Å². The number of aliphatic hydroxyl groups is 1. The number of aromatic nitrogens is 3. The lowest BCUT2D eigenvalue weighted by molar-refractivity contribution is 0.0664. The summed E-state index contributed by atoms with van der Waals surface area (Å²) in [7, 11) is 0. The molecule has 124 valence electrons. The van der Waals surface area contributed by atoms with Crippen LogP contribution in [0.25, 0.3) is 5.69 Å². The Bertz CT molecular complexity index is 633. The summed E-state index contributed by atoms with van der Waals surface area (Å²) in [5.41, 5.74) is 2.15. The average Bonchev–Trinajstić information content (AvgIpc) is 3.06. The molecule has 1 aliphatic heterocycles. The van der Waals surface area contributed by atoms with Crippen LogP contribution in [-0.4, -0.2) is 68.5 Å². The molecule has 7 heteroatoms. The van der Waals surface area contributed by atoms with E-state index in [9.17, 15) is 0 Å². The molecular weight excluding hydrogens is 314 g/mol. The maximum Gasteiger partial charge on any atom is 0.138 e. The summed E-state index contributed by atoms with van der Waals surface area (Å²) in [5, 5.41) is 14.0. The second kappa shape index (κ2) is 7.40. The summed E-state index contributed by atoms with van der Waals surface area (Å²) in [6.07, 6.45) is 3.22. The van der Waals surface area contributed by atoms with Gasteiger partial charge in [-0.25, -0.2) is 9.67 Å². The molecule has 0 bridgehead atoms. The maximum atomic E-state index is 9.09. The van der Waals surface area contributed by atoms with Gasteiger partial charge < -0.3 is 5.11 Å². The van der Waals surface area contributed by atoms with Crippen LogP contribution in [0.4, 0.5) is 0 Å². The van der Waals surface area contributed by atoms with Gasteiger partial charge in [0, 0.05) is 43.8 Å². The number of hydrogen-bond acceptors (Lipinski definition) is 5. The number of halogens is 1. The van der Waals surface area contributed by atoms with Crippen molar-refractivity contribution in [3.8, 4) is 5.69 Å². The Morgan fingerprint density at radius 3 is 2.91 bits per heavy atom. The minimum absolute atomic E-state index is 0.223. The molecule has 0 unspecified atom stereocenters. The topological polar surface area (TPSA) is 57.4 Å². The van der Waals surface area contributed by atoms with E-state index in [4.69, 9.17) is 16.7 Å². The molecule has 1 atom stereocenters. The van der Waals surface area contributed by atoms with Crippen LogP contribution in [0.15, 0.2) is 30.9 Å². The van der Waals surface area contributed by atoms with Gasteiger partial charge in [-0.15, -0.1) is 0 Å². The summed E-state index contributed by atoms with van der Waals surface area (Å²) >= 11 is 6.15. The second-order valence-electron chi connectivity index (χ2n) is 5.96. The third kappa shape index (κ3) is 3.90. The van der Waals surface area contributed by atoms with Crippen LogP contribution in [0.5, 0.6) is 0 Å². The van der Waals surface area contributed by atoms with E-state index >= 15 is 0 Å². The minimum Gasteiger partial charge on any atom is -0.395 e. The third-order valence-electron chi connectivity index (χ3n) is 4.35. The van der Waals surface area contributed by atoms with Crippen LogP contribution in [0, 0.1) is 0 Å². The number of β-amino-alcohol motifs (C(OH)–C–C–N with tert-alkyl or cyclic N) is 1. The summed E-state index contributed by atoms with van der Waals surface area (Å²) in [4.78, 5) is 8.79. The lowest BCUT2D eigenvalue weighted by Crippen LogP contribution is -2.51. The predicted octanol–water partition coefficient (Wildman–Crippen LogP) is 1.42.